The number of halogens is 3. The first-order chi connectivity index (χ1) is 10.5. The average Bonchev–Trinajstić information content (AvgIpc) is 2.53. The molecule has 2 aromatic rings. The quantitative estimate of drug-likeness (QED) is 0.909. The fraction of sp³-hybridized carbons (Fsp3) is 0.294. The Labute approximate surface area is 127 Å². The van der Waals surface area contributed by atoms with Crippen molar-refractivity contribution in [2.75, 3.05) is 18.0 Å². The molecule has 0 fully saturated rings. The van der Waals surface area contributed by atoms with Gasteiger partial charge in [-0.15, -0.1) is 0 Å². The molecule has 5 heteroatoms. The van der Waals surface area contributed by atoms with Crippen LogP contribution in [0, 0.1) is 5.92 Å². The number of nitrogens with zero attached hydrogens (tertiary/aromatic N) is 1. The maximum absolute atomic E-state index is 12.7. The number of fused-ring (bicyclic) bond motifs is 1. The van der Waals surface area contributed by atoms with Crippen LogP contribution in [0.5, 0.6) is 0 Å². The van der Waals surface area contributed by atoms with Crippen LogP contribution in [-0.4, -0.2) is 13.1 Å². The van der Waals surface area contributed by atoms with Crippen molar-refractivity contribution in [2.45, 2.75) is 12.6 Å². The molecule has 0 spiro atoms. The first-order valence-corrected chi connectivity index (χ1v) is 7.22. The van der Waals surface area contributed by atoms with Gasteiger partial charge in [-0.3, -0.25) is 0 Å². The smallest absolute Gasteiger partial charge is 0.341 e. The van der Waals surface area contributed by atoms with E-state index in [1.54, 1.807) is 0 Å². The second kappa shape index (κ2) is 5.65. The van der Waals surface area contributed by atoms with Gasteiger partial charge in [0.25, 0.3) is 0 Å². The Morgan fingerprint density at radius 3 is 2.36 bits per heavy atom. The number of nitrogens with two attached hydrogens (primary N) is 1. The van der Waals surface area contributed by atoms with Gasteiger partial charge in [0.2, 0.25) is 0 Å². The van der Waals surface area contributed by atoms with E-state index < -0.39 is 11.7 Å². The van der Waals surface area contributed by atoms with E-state index in [0.717, 1.165) is 36.5 Å². The molecule has 0 aliphatic carbocycles. The lowest BCUT2D eigenvalue weighted by Gasteiger charge is -2.36. The minimum absolute atomic E-state index is 0.303. The van der Waals surface area contributed by atoms with Gasteiger partial charge in [-0.25, -0.2) is 0 Å². The summed E-state index contributed by atoms with van der Waals surface area (Å²) in [6.07, 6.45) is -3.40. The Morgan fingerprint density at radius 1 is 1.05 bits per heavy atom. The van der Waals surface area contributed by atoms with E-state index in [1.807, 2.05) is 24.3 Å². The first kappa shape index (κ1) is 14.9. The second-order valence-electron chi connectivity index (χ2n) is 5.59. The van der Waals surface area contributed by atoms with Gasteiger partial charge >= 0.3 is 6.18 Å². The summed E-state index contributed by atoms with van der Waals surface area (Å²) in [7, 11) is 0. The number of alkyl halides is 3. The highest BCUT2D eigenvalue weighted by atomic mass is 19.4. The van der Waals surface area contributed by atoms with E-state index in [2.05, 4.69) is 4.90 Å². The third-order valence-corrected chi connectivity index (χ3v) is 4.07. The molecule has 2 nitrogen and oxygen atoms in total. The summed E-state index contributed by atoms with van der Waals surface area (Å²) >= 11 is 0. The van der Waals surface area contributed by atoms with Crippen LogP contribution in [0.2, 0.25) is 0 Å². The van der Waals surface area contributed by atoms with Crippen molar-refractivity contribution in [3.63, 3.8) is 0 Å². The summed E-state index contributed by atoms with van der Waals surface area (Å²) in [5.41, 5.74) is 8.17. The number of anilines is 2. The van der Waals surface area contributed by atoms with Crippen molar-refractivity contribution in [2.24, 2.45) is 11.7 Å². The van der Waals surface area contributed by atoms with Crippen LogP contribution >= 0.6 is 0 Å². The van der Waals surface area contributed by atoms with E-state index in [4.69, 9.17) is 5.73 Å². The molecule has 0 radical (unpaired) electrons. The van der Waals surface area contributed by atoms with E-state index in [-0.39, 0.29) is 0 Å². The molecule has 1 atom stereocenters. The zero-order valence-electron chi connectivity index (χ0n) is 12.0. The summed E-state index contributed by atoms with van der Waals surface area (Å²) in [5, 5.41) is 0. The van der Waals surface area contributed by atoms with Crippen molar-refractivity contribution < 1.29 is 13.2 Å². The Kier molecular flexibility index (Phi) is 3.83. The second-order valence-corrected chi connectivity index (χ2v) is 5.59. The van der Waals surface area contributed by atoms with Crippen molar-refractivity contribution in [1.29, 1.82) is 0 Å². The molecule has 0 saturated carbocycles. The van der Waals surface area contributed by atoms with Gasteiger partial charge in [-0.2, -0.15) is 13.2 Å². The minimum Gasteiger partial charge on any atom is -0.341 e. The predicted octanol–water partition coefficient (Wildman–Crippen LogP) is 3.97. The molecule has 22 heavy (non-hydrogen) atoms. The summed E-state index contributed by atoms with van der Waals surface area (Å²) in [6.45, 7) is 1.28. The average molecular weight is 306 g/mol. The summed E-state index contributed by atoms with van der Waals surface area (Å²) < 4.78 is 38.1. The fourth-order valence-corrected chi connectivity index (χ4v) is 2.91. The molecular formula is C17H17F3N2. The van der Waals surface area contributed by atoms with Gasteiger partial charge in [0.05, 0.1) is 5.56 Å². The fourth-order valence-electron chi connectivity index (χ4n) is 2.91. The maximum atomic E-state index is 12.7. The lowest BCUT2D eigenvalue weighted by molar-refractivity contribution is -0.137. The van der Waals surface area contributed by atoms with Crippen molar-refractivity contribution in [1.82, 2.24) is 0 Å². The molecule has 1 unspecified atom stereocenters. The van der Waals surface area contributed by atoms with Gasteiger partial charge in [-0.05, 0) is 54.8 Å². The van der Waals surface area contributed by atoms with Gasteiger partial charge in [0.1, 0.15) is 0 Å². The standard InChI is InChI=1S/C17H17F3N2/c18-17(19,20)14-5-7-15(8-6-14)22-11-12(10-21)9-13-3-1-2-4-16(13)22/h1-8,12H,9-11,21H2. The highest BCUT2D eigenvalue weighted by molar-refractivity contribution is 5.68. The summed E-state index contributed by atoms with van der Waals surface area (Å²) in [5.74, 6) is 0.303. The molecule has 1 aliphatic rings. The van der Waals surface area contributed by atoms with Crippen LogP contribution < -0.4 is 10.6 Å². The van der Waals surface area contributed by atoms with Crippen LogP contribution in [0.1, 0.15) is 11.1 Å². The first-order valence-electron chi connectivity index (χ1n) is 7.22. The molecule has 0 aromatic heterocycles. The lowest BCUT2D eigenvalue weighted by Crippen LogP contribution is -2.35. The Hall–Kier alpha value is -2.01. The van der Waals surface area contributed by atoms with Gasteiger partial charge < -0.3 is 10.6 Å². The van der Waals surface area contributed by atoms with Crippen LogP contribution in [0.15, 0.2) is 48.5 Å². The van der Waals surface area contributed by atoms with Crippen LogP contribution in [0.25, 0.3) is 0 Å². The highest BCUT2D eigenvalue weighted by Crippen LogP contribution is 2.36. The van der Waals surface area contributed by atoms with Crippen LogP contribution in [0.4, 0.5) is 24.5 Å². The van der Waals surface area contributed by atoms with E-state index >= 15 is 0 Å². The third-order valence-electron chi connectivity index (χ3n) is 4.07. The Balaban J connectivity index is 1.97. The van der Waals surface area contributed by atoms with Crippen molar-refractivity contribution in [3.05, 3.63) is 59.7 Å². The number of benzene rings is 2. The molecule has 116 valence electrons. The lowest BCUT2D eigenvalue weighted by atomic mass is 9.92. The zero-order chi connectivity index (χ0) is 15.7. The van der Waals surface area contributed by atoms with Gasteiger partial charge in [-0.1, -0.05) is 18.2 Å². The van der Waals surface area contributed by atoms with Gasteiger partial charge in [0.15, 0.2) is 0 Å². The maximum Gasteiger partial charge on any atom is 0.416 e. The summed E-state index contributed by atoms with van der Waals surface area (Å²) in [4.78, 5) is 2.05. The van der Waals surface area contributed by atoms with E-state index in [9.17, 15) is 13.2 Å². The number of rotatable bonds is 2. The SMILES string of the molecule is NCC1Cc2ccccc2N(c2ccc(C(F)(F)F)cc2)C1. The molecular weight excluding hydrogens is 289 g/mol. The molecule has 1 heterocycles. The normalized spacial score (nSPS) is 18.2. The minimum atomic E-state index is -4.31. The van der Waals surface area contributed by atoms with Crippen molar-refractivity contribution >= 4 is 11.4 Å². The molecule has 0 bridgehead atoms. The molecule has 2 aromatic carbocycles. The van der Waals surface area contributed by atoms with Crippen LogP contribution in [-0.2, 0) is 12.6 Å². The Morgan fingerprint density at radius 2 is 1.73 bits per heavy atom. The third kappa shape index (κ3) is 2.81. The van der Waals surface area contributed by atoms with E-state index in [0.29, 0.717) is 12.5 Å². The zero-order valence-corrected chi connectivity index (χ0v) is 12.0. The topological polar surface area (TPSA) is 29.3 Å². The Bertz CT molecular complexity index is 650. The van der Waals surface area contributed by atoms with E-state index in [1.165, 1.54) is 17.7 Å². The molecule has 1 aliphatic heterocycles. The molecule has 0 saturated heterocycles. The highest BCUT2D eigenvalue weighted by Gasteiger charge is 2.31. The molecule has 3 rings (SSSR count). The monoisotopic (exact) mass is 306 g/mol. The molecule has 0 amide bonds. The largest absolute Gasteiger partial charge is 0.416 e. The molecule has 2 N–H and O–H groups in total. The number of para-hydroxylation sites is 1. The number of hydrogen-bond donors (Lipinski definition) is 1. The van der Waals surface area contributed by atoms with Gasteiger partial charge in [0, 0.05) is 17.9 Å². The van der Waals surface area contributed by atoms with Crippen LogP contribution in [0.3, 0.4) is 0 Å². The summed E-state index contributed by atoms with van der Waals surface area (Å²) in [6, 6.07) is 13.3. The van der Waals surface area contributed by atoms with Crippen molar-refractivity contribution in [3.8, 4) is 0 Å². The number of hydrogen-bond acceptors (Lipinski definition) is 2. The predicted molar refractivity (Wildman–Crippen MR) is 81.1 cm³/mol.